The Kier molecular flexibility index (Phi) is 4.19. The molecule has 1 N–H and O–H groups in total. The van der Waals surface area contributed by atoms with Gasteiger partial charge in [-0.2, -0.15) is 0 Å². The Morgan fingerprint density at radius 2 is 1.68 bits per heavy atom. The molecular formula is C19H17NO5. The van der Waals surface area contributed by atoms with Crippen LogP contribution < -0.4 is 9.47 Å². The first-order valence-corrected chi connectivity index (χ1v) is 7.59. The van der Waals surface area contributed by atoms with Crippen molar-refractivity contribution in [2.75, 3.05) is 14.2 Å². The predicted molar refractivity (Wildman–Crippen MR) is 92.9 cm³/mol. The Labute approximate surface area is 144 Å². The molecule has 128 valence electrons. The SMILES string of the molecule is COc1ccc(C(=O)n2c(C)c(C(=O)O)c3ccccc32)cc1OC. The highest BCUT2D eigenvalue weighted by Crippen LogP contribution is 2.30. The maximum atomic E-state index is 13.1. The topological polar surface area (TPSA) is 77.8 Å². The standard InChI is InChI=1S/C19H17NO5/c1-11-17(19(22)23)13-6-4-5-7-14(13)20(11)18(21)12-8-9-15(24-2)16(10-12)25-3/h4-10H,1-3H3,(H,22,23). The molecule has 0 saturated carbocycles. The average molecular weight is 339 g/mol. The van der Waals surface area contributed by atoms with E-state index in [4.69, 9.17) is 9.47 Å². The van der Waals surface area contributed by atoms with Gasteiger partial charge in [-0.1, -0.05) is 18.2 Å². The highest BCUT2D eigenvalue weighted by molar-refractivity contribution is 6.11. The van der Waals surface area contributed by atoms with Crippen molar-refractivity contribution >= 4 is 22.8 Å². The number of hydrogen-bond donors (Lipinski definition) is 1. The maximum absolute atomic E-state index is 13.1. The lowest BCUT2D eigenvalue weighted by Crippen LogP contribution is -2.14. The largest absolute Gasteiger partial charge is 0.493 e. The zero-order valence-electron chi connectivity index (χ0n) is 14.1. The molecule has 3 aromatic rings. The van der Waals surface area contributed by atoms with Gasteiger partial charge in [0.25, 0.3) is 5.91 Å². The molecular weight excluding hydrogens is 322 g/mol. The van der Waals surface area contributed by atoms with E-state index in [0.29, 0.717) is 33.7 Å². The van der Waals surface area contributed by atoms with Crippen LogP contribution in [0.25, 0.3) is 10.9 Å². The van der Waals surface area contributed by atoms with Gasteiger partial charge in [0.2, 0.25) is 0 Å². The summed E-state index contributed by atoms with van der Waals surface area (Å²) in [5.74, 6) is -0.449. The molecule has 6 heteroatoms. The first-order chi connectivity index (χ1) is 12.0. The number of methoxy groups -OCH3 is 2. The van der Waals surface area contributed by atoms with Crippen LogP contribution in [0.4, 0.5) is 0 Å². The van der Waals surface area contributed by atoms with Crippen LogP contribution in [0.5, 0.6) is 11.5 Å². The third-order valence-corrected chi connectivity index (χ3v) is 4.16. The number of rotatable bonds is 4. The number of carboxylic acid groups (broad SMARTS) is 1. The van der Waals surface area contributed by atoms with Crippen LogP contribution in [-0.4, -0.2) is 35.8 Å². The summed E-state index contributed by atoms with van der Waals surface area (Å²) < 4.78 is 11.8. The van der Waals surface area contributed by atoms with Crippen molar-refractivity contribution in [1.29, 1.82) is 0 Å². The van der Waals surface area contributed by atoms with Gasteiger partial charge in [0.1, 0.15) is 0 Å². The molecule has 0 saturated heterocycles. The molecule has 1 aromatic heterocycles. The van der Waals surface area contributed by atoms with Gasteiger partial charge >= 0.3 is 5.97 Å². The first kappa shape index (κ1) is 16.6. The minimum atomic E-state index is -1.06. The van der Waals surface area contributed by atoms with Crippen LogP contribution in [0.15, 0.2) is 42.5 Å². The number of fused-ring (bicyclic) bond motifs is 1. The molecule has 25 heavy (non-hydrogen) atoms. The zero-order chi connectivity index (χ0) is 18.1. The molecule has 6 nitrogen and oxygen atoms in total. The van der Waals surface area contributed by atoms with Crippen LogP contribution in [0, 0.1) is 6.92 Å². The Bertz CT molecular complexity index is 987. The number of carboxylic acids is 1. The van der Waals surface area contributed by atoms with E-state index in [2.05, 4.69) is 0 Å². The monoisotopic (exact) mass is 339 g/mol. The maximum Gasteiger partial charge on any atom is 0.338 e. The van der Waals surface area contributed by atoms with Crippen LogP contribution in [-0.2, 0) is 0 Å². The minimum absolute atomic E-state index is 0.129. The highest BCUT2D eigenvalue weighted by atomic mass is 16.5. The summed E-state index contributed by atoms with van der Waals surface area (Å²) in [6.45, 7) is 1.63. The van der Waals surface area contributed by atoms with Crippen LogP contribution in [0.3, 0.4) is 0 Å². The second-order valence-electron chi connectivity index (χ2n) is 5.49. The van der Waals surface area contributed by atoms with E-state index in [0.717, 1.165) is 0 Å². The van der Waals surface area contributed by atoms with E-state index in [-0.39, 0.29) is 11.5 Å². The van der Waals surface area contributed by atoms with Gasteiger partial charge in [-0.05, 0) is 31.2 Å². The van der Waals surface area contributed by atoms with E-state index < -0.39 is 5.97 Å². The van der Waals surface area contributed by atoms with Crippen molar-refractivity contribution in [3.63, 3.8) is 0 Å². The molecule has 0 radical (unpaired) electrons. The molecule has 0 aliphatic heterocycles. The third-order valence-electron chi connectivity index (χ3n) is 4.16. The Morgan fingerprint density at radius 3 is 2.32 bits per heavy atom. The summed E-state index contributed by atoms with van der Waals surface area (Å²) in [6, 6.07) is 11.8. The van der Waals surface area contributed by atoms with E-state index in [9.17, 15) is 14.7 Å². The minimum Gasteiger partial charge on any atom is -0.493 e. The number of ether oxygens (including phenoxy) is 2. The van der Waals surface area contributed by atoms with Gasteiger partial charge in [0.05, 0.1) is 25.3 Å². The number of hydrogen-bond acceptors (Lipinski definition) is 4. The summed E-state index contributed by atoms with van der Waals surface area (Å²) in [4.78, 5) is 24.7. The molecule has 0 unspecified atom stereocenters. The summed E-state index contributed by atoms with van der Waals surface area (Å²) in [6.07, 6.45) is 0. The zero-order valence-corrected chi connectivity index (χ0v) is 14.1. The number of aromatic nitrogens is 1. The molecule has 0 atom stereocenters. The summed E-state index contributed by atoms with van der Waals surface area (Å²) in [5, 5.41) is 10.0. The molecule has 0 bridgehead atoms. The molecule has 0 amide bonds. The lowest BCUT2D eigenvalue weighted by molar-refractivity contribution is 0.0698. The van der Waals surface area contributed by atoms with Crippen molar-refractivity contribution in [3.8, 4) is 11.5 Å². The highest BCUT2D eigenvalue weighted by Gasteiger charge is 2.23. The summed E-state index contributed by atoms with van der Waals surface area (Å²) in [7, 11) is 3.01. The van der Waals surface area contributed by atoms with E-state index in [1.807, 2.05) is 0 Å². The number of benzene rings is 2. The fourth-order valence-electron chi connectivity index (χ4n) is 3.00. The number of aromatic carboxylic acids is 1. The molecule has 0 aliphatic rings. The second kappa shape index (κ2) is 6.32. The van der Waals surface area contributed by atoms with Crippen molar-refractivity contribution in [2.45, 2.75) is 6.92 Å². The van der Waals surface area contributed by atoms with Crippen LogP contribution >= 0.6 is 0 Å². The van der Waals surface area contributed by atoms with E-state index >= 15 is 0 Å². The third kappa shape index (κ3) is 2.61. The van der Waals surface area contributed by atoms with Crippen molar-refractivity contribution in [1.82, 2.24) is 4.57 Å². The van der Waals surface area contributed by atoms with Gasteiger partial charge in [-0.25, -0.2) is 4.79 Å². The average Bonchev–Trinajstić information content (AvgIpc) is 2.92. The number of para-hydroxylation sites is 1. The number of carbonyl (C=O) groups excluding carboxylic acids is 1. The summed E-state index contributed by atoms with van der Waals surface area (Å²) >= 11 is 0. The first-order valence-electron chi connectivity index (χ1n) is 7.59. The quantitative estimate of drug-likeness (QED) is 0.789. The van der Waals surface area contributed by atoms with Crippen molar-refractivity contribution < 1.29 is 24.2 Å². The van der Waals surface area contributed by atoms with Crippen molar-refractivity contribution in [3.05, 3.63) is 59.3 Å². The smallest absolute Gasteiger partial charge is 0.338 e. The fraction of sp³-hybridized carbons (Fsp3) is 0.158. The molecule has 0 fully saturated rings. The second-order valence-corrected chi connectivity index (χ2v) is 5.49. The van der Waals surface area contributed by atoms with Gasteiger partial charge in [-0.3, -0.25) is 9.36 Å². The normalized spacial score (nSPS) is 10.7. The number of carbonyl (C=O) groups is 2. The fourth-order valence-corrected chi connectivity index (χ4v) is 3.00. The van der Waals surface area contributed by atoms with Crippen molar-refractivity contribution in [2.24, 2.45) is 0 Å². The van der Waals surface area contributed by atoms with Crippen LogP contribution in [0.2, 0.25) is 0 Å². The molecule has 0 spiro atoms. The Balaban J connectivity index is 2.22. The van der Waals surface area contributed by atoms with Gasteiger partial charge in [0.15, 0.2) is 11.5 Å². The summed E-state index contributed by atoms with van der Waals surface area (Å²) in [5.41, 5.74) is 1.44. The van der Waals surface area contributed by atoms with Gasteiger partial charge in [0, 0.05) is 16.6 Å². The molecule has 3 rings (SSSR count). The molecule has 1 heterocycles. The van der Waals surface area contributed by atoms with E-state index in [1.54, 1.807) is 49.4 Å². The molecule has 2 aromatic carbocycles. The Hall–Kier alpha value is -3.28. The van der Waals surface area contributed by atoms with Gasteiger partial charge < -0.3 is 14.6 Å². The van der Waals surface area contributed by atoms with Crippen LogP contribution in [0.1, 0.15) is 26.4 Å². The lowest BCUT2D eigenvalue weighted by Gasteiger charge is -2.11. The Morgan fingerprint density at radius 1 is 1.00 bits per heavy atom. The molecule has 0 aliphatic carbocycles. The van der Waals surface area contributed by atoms with E-state index in [1.165, 1.54) is 18.8 Å². The predicted octanol–water partition coefficient (Wildman–Crippen LogP) is 3.35. The van der Waals surface area contributed by atoms with Gasteiger partial charge in [-0.15, -0.1) is 0 Å². The lowest BCUT2D eigenvalue weighted by atomic mass is 10.1. The number of nitrogens with zero attached hydrogens (tertiary/aromatic N) is 1.